The van der Waals surface area contributed by atoms with Gasteiger partial charge in [-0.25, -0.2) is 14.0 Å². The van der Waals surface area contributed by atoms with Gasteiger partial charge in [0.1, 0.15) is 23.1 Å². The van der Waals surface area contributed by atoms with Gasteiger partial charge in [-0.2, -0.15) is 0 Å². The van der Waals surface area contributed by atoms with E-state index in [1.54, 1.807) is 53.7 Å². The van der Waals surface area contributed by atoms with E-state index >= 15 is 0 Å². The van der Waals surface area contributed by atoms with Crippen molar-refractivity contribution in [2.75, 3.05) is 0 Å². The van der Waals surface area contributed by atoms with Crippen molar-refractivity contribution in [1.82, 2.24) is 4.90 Å². The van der Waals surface area contributed by atoms with Crippen molar-refractivity contribution in [3.05, 3.63) is 41.7 Å². The molecule has 0 saturated heterocycles. The Bertz CT molecular complexity index is 758. The number of halogens is 1. The number of hydrogen-bond acceptors (Lipinski definition) is 5. The van der Waals surface area contributed by atoms with Gasteiger partial charge in [-0.1, -0.05) is 12.1 Å². The zero-order valence-corrected chi connectivity index (χ0v) is 17.2. The first-order valence-electron chi connectivity index (χ1n) is 9.16. The highest BCUT2D eigenvalue weighted by Crippen LogP contribution is 2.31. The molecular weight excluding hydrogens is 365 g/mol. The molecule has 1 aliphatic rings. The second-order valence-corrected chi connectivity index (χ2v) is 8.75. The van der Waals surface area contributed by atoms with Gasteiger partial charge in [0.2, 0.25) is 0 Å². The summed E-state index contributed by atoms with van der Waals surface area (Å²) >= 11 is 0. The van der Waals surface area contributed by atoms with E-state index in [2.05, 4.69) is 0 Å². The van der Waals surface area contributed by atoms with Gasteiger partial charge >= 0.3 is 12.1 Å². The molecule has 2 atom stereocenters. The van der Waals surface area contributed by atoms with Crippen molar-refractivity contribution >= 4 is 17.6 Å². The minimum absolute atomic E-state index is 0.108. The van der Waals surface area contributed by atoms with Crippen LogP contribution in [-0.4, -0.2) is 45.5 Å². The minimum atomic E-state index is -1.39. The molecule has 1 amide bonds. The fraction of sp³-hybridized carbons (Fsp3) is 0.524. The molecule has 154 valence electrons. The summed E-state index contributed by atoms with van der Waals surface area (Å²) in [5, 5.41) is 10.6. The first-order valence-corrected chi connectivity index (χ1v) is 9.16. The number of aliphatic hydroxyl groups is 1. The van der Waals surface area contributed by atoms with Gasteiger partial charge in [0.25, 0.3) is 0 Å². The van der Waals surface area contributed by atoms with Crippen LogP contribution in [0.2, 0.25) is 0 Å². The molecule has 6 nitrogen and oxygen atoms in total. The Morgan fingerprint density at radius 1 is 1.04 bits per heavy atom. The fourth-order valence-corrected chi connectivity index (χ4v) is 2.81. The number of carbonyl (C=O) groups excluding carboxylic acids is 2. The third-order valence-corrected chi connectivity index (χ3v) is 3.88. The van der Waals surface area contributed by atoms with Gasteiger partial charge in [-0.15, -0.1) is 0 Å². The Morgan fingerprint density at radius 3 is 2.07 bits per heavy atom. The highest BCUT2D eigenvalue weighted by molar-refractivity contribution is 5.86. The van der Waals surface area contributed by atoms with Crippen molar-refractivity contribution in [2.24, 2.45) is 0 Å². The van der Waals surface area contributed by atoms with E-state index in [0.29, 0.717) is 11.1 Å². The zero-order chi connectivity index (χ0) is 21.3. The molecule has 1 unspecified atom stereocenters. The lowest BCUT2D eigenvalue weighted by atomic mass is 9.93. The maximum Gasteiger partial charge on any atom is 0.413 e. The van der Waals surface area contributed by atoms with Crippen LogP contribution in [0, 0.1) is 5.82 Å². The average molecular weight is 393 g/mol. The van der Waals surface area contributed by atoms with Gasteiger partial charge in [0, 0.05) is 6.42 Å². The van der Waals surface area contributed by atoms with Crippen LogP contribution in [0.1, 0.15) is 53.5 Å². The van der Waals surface area contributed by atoms with Crippen molar-refractivity contribution in [1.29, 1.82) is 0 Å². The second kappa shape index (κ2) is 7.91. The van der Waals surface area contributed by atoms with E-state index in [1.165, 1.54) is 18.2 Å². The summed E-state index contributed by atoms with van der Waals surface area (Å²) in [5.74, 6) is -1.04. The SMILES string of the molecule is CC(C)(C)OC(=O)[C@H]1CC(c2ccc(F)cc2)=CC(O)N1C(=O)OC(C)(C)C. The third-order valence-electron chi connectivity index (χ3n) is 3.88. The highest BCUT2D eigenvalue weighted by Gasteiger charge is 2.42. The van der Waals surface area contributed by atoms with Gasteiger partial charge in [0.05, 0.1) is 0 Å². The number of aliphatic hydroxyl groups excluding tert-OH is 1. The normalized spacial score (nSPS) is 20.4. The number of carbonyl (C=O) groups is 2. The Morgan fingerprint density at radius 2 is 1.57 bits per heavy atom. The van der Waals surface area contributed by atoms with Crippen LogP contribution in [0.4, 0.5) is 9.18 Å². The molecule has 1 aromatic rings. The monoisotopic (exact) mass is 393 g/mol. The molecule has 1 heterocycles. The number of rotatable bonds is 2. The minimum Gasteiger partial charge on any atom is -0.458 e. The summed E-state index contributed by atoms with van der Waals surface area (Å²) in [6.07, 6.45) is -0.638. The molecule has 0 bridgehead atoms. The molecule has 1 aliphatic heterocycles. The maximum absolute atomic E-state index is 13.2. The van der Waals surface area contributed by atoms with Crippen molar-refractivity contribution < 1.29 is 28.6 Å². The fourth-order valence-electron chi connectivity index (χ4n) is 2.81. The van der Waals surface area contributed by atoms with E-state index < -0.39 is 35.5 Å². The quantitative estimate of drug-likeness (QED) is 0.772. The van der Waals surface area contributed by atoms with Crippen molar-refractivity contribution in [2.45, 2.75) is 71.4 Å². The van der Waals surface area contributed by atoms with Crippen molar-refractivity contribution in [3.8, 4) is 0 Å². The summed E-state index contributed by atoms with van der Waals surface area (Å²) < 4.78 is 24.0. The van der Waals surface area contributed by atoms with Gasteiger partial charge in [-0.3, -0.25) is 4.90 Å². The molecule has 0 saturated carbocycles. The van der Waals surface area contributed by atoms with Crippen LogP contribution < -0.4 is 0 Å². The molecule has 7 heteroatoms. The van der Waals surface area contributed by atoms with E-state index in [-0.39, 0.29) is 12.2 Å². The Kier molecular flexibility index (Phi) is 6.18. The van der Waals surface area contributed by atoms with Crippen LogP contribution in [0.3, 0.4) is 0 Å². The van der Waals surface area contributed by atoms with Gasteiger partial charge in [-0.05, 0) is 70.9 Å². The number of benzene rings is 1. The molecule has 2 rings (SSSR count). The summed E-state index contributed by atoms with van der Waals surface area (Å²) in [6.45, 7) is 10.3. The standard InChI is InChI=1S/C21H28FNO5/c1-20(2,3)27-18(25)16-11-14(13-7-9-15(22)10-8-13)12-17(24)23(16)19(26)28-21(4,5)6/h7-10,12,16-17,24H,11H2,1-6H3/t16-,17?/m1/s1. The van der Waals surface area contributed by atoms with Crippen molar-refractivity contribution in [3.63, 3.8) is 0 Å². The van der Waals surface area contributed by atoms with E-state index in [4.69, 9.17) is 9.47 Å². The molecule has 1 aromatic carbocycles. The number of esters is 1. The van der Waals surface area contributed by atoms with Gasteiger partial charge < -0.3 is 14.6 Å². The predicted molar refractivity (Wildman–Crippen MR) is 103 cm³/mol. The number of nitrogens with zero attached hydrogens (tertiary/aromatic N) is 1. The molecule has 0 fully saturated rings. The second-order valence-electron chi connectivity index (χ2n) is 8.75. The predicted octanol–water partition coefficient (Wildman–Crippen LogP) is 3.88. The summed E-state index contributed by atoms with van der Waals surface area (Å²) in [6, 6.07) is 4.64. The third kappa shape index (κ3) is 5.79. The van der Waals surface area contributed by atoms with Crippen LogP contribution in [0.15, 0.2) is 30.3 Å². The first kappa shape index (κ1) is 21.9. The summed E-state index contributed by atoms with van der Waals surface area (Å²) in [7, 11) is 0. The maximum atomic E-state index is 13.2. The van der Waals surface area contributed by atoms with Crippen LogP contribution >= 0.6 is 0 Å². The Labute approximate surface area is 164 Å². The largest absolute Gasteiger partial charge is 0.458 e. The lowest BCUT2D eigenvalue weighted by Gasteiger charge is -2.39. The summed E-state index contributed by atoms with van der Waals surface area (Å²) in [4.78, 5) is 26.4. The lowest BCUT2D eigenvalue weighted by Crippen LogP contribution is -2.55. The molecule has 1 N–H and O–H groups in total. The highest BCUT2D eigenvalue weighted by atomic mass is 19.1. The van der Waals surface area contributed by atoms with Crippen LogP contribution in [0.25, 0.3) is 5.57 Å². The summed E-state index contributed by atoms with van der Waals surface area (Å²) in [5.41, 5.74) is -0.296. The van der Waals surface area contributed by atoms with Gasteiger partial charge in [0.15, 0.2) is 6.23 Å². The Hall–Kier alpha value is -2.41. The first-order chi connectivity index (χ1) is 12.8. The van der Waals surface area contributed by atoms with Crippen LogP contribution in [-0.2, 0) is 14.3 Å². The van der Waals surface area contributed by atoms with E-state index in [9.17, 15) is 19.1 Å². The average Bonchev–Trinajstić information content (AvgIpc) is 2.51. The zero-order valence-electron chi connectivity index (χ0n) is 17.2. The molecule has 0 radical (unpaired) electrons. The molecule has 28 heavy (non-hydrogen) atoms. The van der Waals surface area contributed by atoms with E-state index in [1.807, 2.05) is 0 Å². The number of hydrogen-bond donors (Lipinski definition) is 1. The van der Waals surface area contributed by atoms with E-state index in [0.717, 1.165) is 4.90 Å². The topological polar surface area (TPSA) is 76.1 Å². The smallest absolute Gasteiger partial charge is 0.413 e. The molecule has 0 aliphatic carbocycles. The van der Waals surface area contributed by atoms with Crippen LogP contribution in [0.5, 0.6) is 0 Å². The number of ether oxygens (including phenoxy) is 2. The molecule has 0 aromatic heterocycles. The Balaban J connectivity index is 2.39. The molecular formula is C21H28FNO5. The number of amides is 1. The molecule has 0 spiro atoms. The lowest BCUT2D eigenvalue weighted by molar-refractivity contribution is -0.164.